The van der Waals surface area contributed by atoms with Crippen LogP contribution in [-0.2, 0) is 22.4 Å². The number of piperidine rings is 1. The van der Waals surface area contributed by atoms with Gasteiger partial charge in [-0.15, -0.1) is 0 Å². The Morgan fingerprint density at radius 3 is 2.65 bits per heavy atom. The lowest BCUT2D eigenvalue weighted by Gasteiger charge is -2.31. The van der Waals surface area contributed by atoms with Crippen LogP contribution in [-0.4, -0.2) is 29.8 Å². The van der Waals surface area contributed by atoms with E-state index in [0.717, 1.165) is 31.4 Å². The summed E-state index contributed by atoms with van der Waals surface area (Å²) in [6, 6.07) is 8.03. The van der Waals surface area contributed by atoms with Crippen molar-refractivity contribution in [1.82, 2.24) is 4.90 Å². The fourth-order valence-electron chi connectivity index (χ4n) is 2.79. The topological polar surface area (TPSA) is 63.4 Å². The summed E-state index contributed by atoms with van der Waals surface area (Å²) in [5.41, 5.74) is 7.65. The van der Waals surface area contributed by atoms with Crippen molar-refractivity contribution in [3.8, 4) is 0 Å². The van der Waals surface area contributed by atoms with Gasteiger partial charge in [0.2, 0.25) is 11.8 Å². The third-order valence-electron chi connectivity index (χ3n) is 4.02. The molecule has 0 aliphatic carbocycles. The molecule has 2 amide bonds. The molecule has 0 spiro atoms. The van der Waals surface area contributed by atoms with Gasteiger partial charge in [-0.1, -0.05) is 31.2 Å². The van der Waals surface area contributed by atoms with Gasteiger partial charge in [0.05, 0.1) is 12.3 Å². The molecule has 1 saturated heterocycles. The summed E-state index contributed by atoms with van der Waals surface area (Å²) >= 11 is 0. The van der Waals surface area contributed by atoms with Gasteiger partial charge in [-0.3, -0.25) is 9.59 Å². The molecule has 1 aromatic carbocycles. The SMILES string of the molecule is CCc1ccccc1CC(=O)N1CCC[C@H](C(N)=O)C1. The first-order chi connectivity index (χ1) is 9.61. The molecule has 0 saturated carbocycles. The van der Waals surface area contributed by atoms with Crippen molar-refractivity contribution in [2.45, 2.75) is 32.6 Å². The highest BCUT2D eigenvalue weighted by Crippen LogP contribution is 2.18. The summed E-state index contributed by atoms with van der Waals surface area (Å²) in [4.78, 5) is 25.4. The second kappa shape index (κ2) is 6.55. The van der Waals surface area contributed by atoms with Crippen LogP contribution >= 0.6 is 0 Å². The van der Waals surface area contributed by atoms with Crippen LogP contribution in [0.2, 0.25) is 0 Å². The number of hydrogen-bond acceptors (Lipinski definition) is 2. The Morgan fingerprint density at radius 2 is 2.00 bits per heavy atom. The molecule has 2 N–H and O–H groups in total. The van der Waals surface area contributed by atoms with E-state index < -0.39 is 0 Å². The highest BCUT2D eigenvalue weighted by atomic mass is 16.2. The van der Waals surface area contributed by atoms with Gasteiger partial charge >= 0.3 is 0 Å². The number of nitrogens with zero attached hydrogens (tertiary/aromatic N) is 1. The van der Waals surface area contributed by atoms with E-state index in [2.05, 4.69) is 13.0 Å². The maximum atomic E-state index is 12.4. The van der Waals surface area contributed by atoms with Crippen LogP contribution in [0.3, 0.4) is 0 Å². The first-order valence-electron chi connectivity index (χ1n) is 7.25. The number of benzene rings is 1. The van der Waals surface area contributed by atoms with Crippen LogP contribution in [0.4, 0.5) is 0 Å². The Labute approximate surface area is 119 Å². The normalized spacial score (nSPS) is 18.9. The lowest BCUT2D eigenvalue weighted by Crippen LogP contribution is -2.44. The first-order valence-corrected chi connectivity index (χ1v) is 7.25. The summed E-state index contributed by atoms with van der Waals surface area (Å²) in [6.07, 6.45) is 2.99. The minimum Gasteiger partial charge on any atom is -0.369 e. The fourth-order valence-corrected chi connectivity index (χ4v) is 2.79. The Balaban J connectivity index is 2.02. The van der Waals surface area contributed by atoms with E-state index >= 15 is 0 Å². The maximum absolute atomic E-state index is 12.4. The standard InChI is InChI=1S/C16H22N2O2/c1-2-12-6-3-4-7-13(12)10-15(19)18-9-5-8-14(11-18)16(17)20/h3-4,6-7,14H,2,5,8-11H2,1H3,(H2,17,20)/t14-/m0/s1. The highest BCUT2D eigenvalue weighted by molar-refractivity contribution is 5.81. The van der Waals surface area contributed by atoms with Gasteiger partial charge in [-0.2, -0.15) is 0 Å². The van der Waals surface area contributed by atoms with E-state index in [1.165, 1.54) is 5.56 Å². The second-order valence-corrected chi connectivity index (χ2v) is 5.38. The molecule has 108 valence electrons. The predicted molar refractivity (Wildman–Crippen MR) is 78.0 cm³/mol. The van der Waals surface area contributed by atoms with Crippen molar-refractivity contribution in [3.05, 3.63) is 35.4 Å². The van der Waals surface area contributed by atoms with Crippen molar-refractivity contribution >= 4 is 11.8 Å². The third-order valence-corrected chi connectivity index (χ3v) is 4.02. The first kappa shape index (κ1) is 14.6. The Morgan fingerprint density at radius 1 is 1.30 bits per heavy atom. The summed E-state index contributed by atoms with van der Waals surface area (Å²) < 4.78 is 0. The maximum Gasteiger partial charge on any atom is 0.227 e. The molecular formula is C16H22N2O2. The van der Waals surface area contributed by atoms with E-state index in [-0.39, 0.29) is 17.7 Å². The largest absolute Gasteiger partial charge is 0.369 e. The van der Waals surface area contributed by atoms with Gasteiger partial charge < -0.3 is 10.6 Å². The zero-order valence-corrected chi connectivity index (χ0v) is 12.0. The Hall–Kier alpha value is -1.84. The average Bonchev–Trinajstić information content (AvgIpc) is 2.48. The van der Waals surface area contributed by atoms with Crippen molar-refractivity contribution < 1.29 is 9.59 Å². The smallest absolute Gasteiger partial charge is 0.227 e. The molecule has 1 heterocycles. The number of primary amides is 1. The van der Waals surface area contributed by atoms with Crippen molar-refractivity contribution in [2.24, 2.45) is 11.7 Å². The molecule has 0 aromatic heterocycles. The van der Waals surface area contributed by atoms with Crippen molar-refractivity contribution in [3.63, 3.8) is 0 Å². The van der Waals surface area contributed by atoms with Gasteiger partial charge in [0.1, 0.15) is 0 Å². The quantitative estimate of drug-likeness (QED) is 0.904. The summed E-state index contributed by atoms with van der Waals surface area (Å²) in [7, 11) is 0. The minimum absolute atomic E-state index is 0.0943. The molecule has 0 bridgehead atoms. The van der Waals surface area contributed by atoms with Crippen LogP contribution < -0.4 is 5.73 Å². The van der Waals surface area contributed by atoms with E-state index in [1.54, 1.807) is 4.90 Å². The number of carbonyl (C=O) groups excluding carboxylic acids is 2. The second-order valence-electron chi connectivity index (χ2n) is 5.38. The van der Waals surface area contributed by atoms with Crippen molar-refractivity contribution in [1.29, 1.82) is 0 Å². The van der Waals surface area contributed by atoms with Gasteiger partial charge in [-0.25, -0.2) is 0 Å². The number of likely N-dealkylation sites (tertiary alicyclic amines) is 1. The minimum atomic E-state index is -0.295. The summed E-state index contributed by atoms with van der Waals surface area (Å²) in [6.45, 7) is 3.30. The highest BCUT2D eigenvalue weighted by Gasteiger charge is 2.26. The fraction of sp³-hybridized carbons (Fsp3) is 0.500. The Bertz CT molecular complexity index is 499. The zero-order chi connectivity index (χ0) is 14.5. The molecule has 4 nitrogen and oxygen atoms in total. The van der Waals surface area contributed by atoms with Gasteiger partial charge in [0, 0.05) is 13.1 Å². The van der Waals surface area contributed by atoms with Crippen LogP contribution in [0.25, 0.3) is 0 Å². The molecule has 1 fully saturated rings. The molecule has 4 heteroatoms. The predicted octanol–water partition coefficient (Wildman–Crippen LogP) is 1.52. The third kappa shape index (κ3) is 3.38. The molecule has 1 aliphatic heterocycles. The monoisotopic (exact) mass is 274 g/mol. The van der Waals surface area contributed by atoms with E-state index in [9.17, 15) is 9.59 Å². The van der Waals surface area contributed by atoms with Gasteiger partial charge in [-0.05, 0) is 30.4 Å². The average molecular weight is 274 g/mol. The zero-order valence-electron chi connectivity index (χ0n) is 12.0. The Kier molecular flexibility index (Phi) is 4.77. The van der Waals surface area contributed by atoms with Crippen LogP contribution in [0, 0.1) is 5.92 Å². The number of hydrogen-bond donors (Lipinski definition) is 1. The number of rotatable bonds is 4. The molecule has 1 aromatic rings. The molecule has 20 heavy (non-hydrogen) atoms. The van der Waals surface area contributed by atoms with Crippen LogP contribution in [0.5, 0.6) is 0 Å². The van der Waals surface area contributed by atoms with Crippen LogP contribution in [0.1, 0.15) is 30.9 Å². The van der Waals surface area contributed by atoms with E-state index in [0.29, 0.717) is 13.0 Å². The number of nitrogens with two attached hydrogens (primary N) is 1. The lowest BCUT2D eigenvalue weighted by molar-refractivity contribution is -0.134. The molecule has 0 radical (unpaired) electrons. The summed E-state index contributed by atoms with van der Waals surface area (Å²) in [5.74, 6) is -0.387. The number of aryl methyl sites for hydroxylation is 1. The molecule has 2 rings (SSSR count). The number of carbonyl (C=O) groups is 2. The number of amides is 2. The summed E-state index contributed by atoms with van der Waals surface area (Å²) in [5, 5.41) is 0. The molecule has 1 atom stereocenters. The molecule has 1 aliphatic rings. The lowest BCUT2D eigenvalue weighted by atomic mass is 9.96. The van der Waals surface area contributed by atoms with Crippen molar-refractivity contribution in [2.75, 3.05) is 13.1 Å². The van der Waals surface area contributed by atoms with E-state index in [1.807, 2.05) is 18.2 Å². The van der Waals surface area contributed by atoms with Crippen LogP contribution in [0.15, 0.2) is 24.3 Å². The van der Waals surface area contributed by atoms with Gasteiger partial charge in [0.15, 0.2) is 0 Å². The van der Waals surface area contributed by atoms with Gasteiger partial charge in [0.25, 0.3) is 0 Å². The molecular weight excluding hydrogens is 252 g/mol. The molecule has 0 unspecified atom stereocenters. The van der Waals surface area contributed by atoms with E-state index in [4.69, 9.17) is 5.73 Å².